The number of amides is 1. The van der Waals surface area contributed by atoms with Gasteiger partial charge in [0, 0.05) is 0 Å². The molecule has 0 aromatic heterocycles. The van der Waals surface area contributed by atoms with Gasteiger partial charge in [-0.15, -0.1) is 0 Å². The second-order valence-corrected chi connectivity index (χ2v) is 6.21. The van der Waals surface area contributed by atoms with Gasteiger partial charge >= 0.3 is 5.97 Å². The molecule has 3 heterocycles. The molecule has 114 valence electrons. The van der Waals surface area contributed by atoms with Crippen molar-refractivity contribution in [1.29, 1.82) is 0 Å². The van der Waals surface area contributed by atoms with Crippen molar-refractivity contribution in [1.82, 2.24) is 0 Å². The molecule has 1 spiro atoms. The molecule has 1 aromatic rings. The van der Waals surface area contributed by atoms with Crippen LogP contribution < -0.4 is 4.90 Å². The summed E-state index contributed by atoms with van der Waals surface area (Å²) in [7, 11) is 1.33. The molecule has 4 atom stereocenters. The maximum absolute atomic E-state index is 12.9. The van der Waals surface area contributed by atoms with E-state index in [1.165, 1.54) is 7.11 Å². The Morgan fingerprint density at radius 1 is 1.45 bits per heavy atom. The van der Waals surface area contributed by atoms with Crippen molar-refractivity contribution >= 4 is 29.2 Å². The number of anilines is 1. The highest BCUT2D eigenvalue weighted by Gasteiger charge is 2.67. The molecule has 0 N–H and O–H groups in total. The van der Waals surface area contributed by atoms with Crippen molar-refractivity contribution in [2.45, 2.75) is 11.7 Å². The van der Waals surface area contributed by atoms with E-state index in [0.29, 0.717) is 17.3 Å². The van der Waals surface area contributed by atoms with Crippen LogP contribution in [0.5, 0.6) is 0 Å². The highest BCUT2D eigenvalue weighted by Crippen LogP contribution is 2.53. The van der Waals surface area contributed by atoms with Gasteiger partial charge in [0.2, 0.25) is 5.91 Å². The lowest BCUT2D eigenvalue weighted by atomic mass is 9.77. The largest absolute Gasteiger partial charge is 0.469 e. The summed E-state index contributed by atoms with van der Waals surface area (Å²) >= 11 is 6.21. The molecule has 0 aliphatic carbocycles. The number of esters is 1. The van der Waals surface area contributed by atoms with E-state index in [1.807, 2.05) is 24.3 Å². The zero-order valence-corrected chi connectivity index (χ0v) is 12.6. The van der Waals surface area contributed by atoms with Gasteiger partial charge in [-0.2, -0.15) is 0 Å². The molecule has 2 fully saturated rings. The molecule has 22 heavy (non-hydrogen) atoms. The number of methoxy groups -OCH3 is 1. The van der Waals surface area contributed by atoms with Gasteiger partial charge in [0.15, 0.2) is 0 Å². The number of halogens is 1. The Kier molecular flexibility index (Phi) is 2.86. The number of nitrogens with zero attached hydrogens (tertiary/aromatic N) is 1. The topological polar surface area (TPSA) is 55.8 Å². The number of para-hydroxylation sites is 1. The lowest BCUT2D eigenvalue weighted by Crippen LogP contribution is -2.39. The summed E-state index contributed by atoms with van der Waals surface area (Å²) in [6.45, 7) is 0.362. The highest BCUT2D eigenvalue weighted by atomic mass is 35.5. The molecule has 2 bridgehead atoms. The van der Waals surface area contributed by atoms with Crippen LogP contribution in [0.15, 0.2) is 36.4 Å². The molecule has 1 amide bonds. The van der Waals surface area contributed by atoms with Gasteiger partial charge in [-0.05, 0) is 12.1 Å². The van der Waals surface area contributed by atoms with E-state index >= 15 is 0 Å². The van der Waals surface area contributed by atoms with Gasteiger partial charge < -0.3 is 14.4 Å². The zero-order chi connectivity index (χ0) is 15.5. The first kappa shape index (κ1) is 13.8. The number of fused-ring (bicyclic) bond motifs is 1. The number of carbonyl (C=O) groups is 2. The monoisotopic (exact) mass is 319 g/mol. The van der Waals surface area contributed by atoms with E-state index in [9.17, 15) is 9.59 Å². The van der Waals surface area contributed by atoms with Gasteiger partial charge in [0.25, 0.3) is 0 Å². The molecule has 0 saturated carbocycles. The van der Waals surface area contributed by atoms with E-state index in [0.717, 1.165) is 0 Å². The van der Waals surface area contributed by atoms with Crippen molar-refractivity contribution < 1.29 is 19.1 Å². The number of benzene rings is 1. The van der Waals surface area contributed by atoms with Crippen molar-refractivity contribution in [3.05, 3.63) is 41.4 Å². The van der Waals surface area contributed by atoms with E-state index in [2.05, 4.69) is 0 Å². The standard InChI is InChI=1S/C16H14ClNO4/c1-21-15(20)12-11-6-7-16(22-11)8-18(14(19)13(12)16)10-5-3-2-4-9(10)17/h2-7,11-13H,8H2,1H3/t11-,12+,13+,16+/m1/s1. The van der Waals surface area contributed by atoms with Crippen LogP contribution in [0, 0.1) is 11.8 Å². The lowest BCUT2D eigenvalue weighted by Gasteiger charge is -2.22. The molecule has 2 saturated heterocycles. The Balaban J connectivity index is 1.75. The third kappa shape index (κ3) is 1.63. The second-order valence-electron chi connectivity index (χ2n) is 5.80. The molecule has 3 aliphatic rings. The maximum Gasteiger partial charge on any atom is 0.312 e. The summed E-state index contributed by atoms with van der Waals surface area (Å²) in [6.07, 6.45) is 3.37. The van der Waals surface area contributed by atoms with Crippen molar-refractivity contribution in [3.63, 3.8) is 0 Å². The van der Waals surface area contributed by atoms with Crippen LogP contribution in [-0.2, 0) is 19.1 Å². The molecule has 0 radical (unpaired) electrons. The van der Waals surface area contributed by atoms with Gasteiger partial charge in [-0.25, -0.2) is 0 Å². The molecule has 0 unspecified atom stereocenters. The van der Waals surface area contributed by atoms with Crippen LogP contribution in [0.2, 0.25) is 5.02 Å². The predicted molar refractivity (Wildman–Crippen MR) is 79.5 cm³/mol. The lowest BCUT2D eigenvalue weighted by molar-refractivity contribution is -0.149. The summed E-state index contributed by atoms with van der Waals surface area (Å²) in [5.74, 6) is -1.69. The molecule has 6 heteroatoms. The zero-order valence-electron chi connectivity index (χ0n) is 11.9. The summed E-state index contributed by atoms with van der Waals surface area (Å²) in [4.78, 5) is 26.6. The van der Waals surface area contributed by atoms with Crippen LogP contribution in [0.3, 0.4) is 0 Å². The minimum atomic E-state index is -0.750. The molecule has 1 aromatic carbocycles. The summed E-state index contributed by atoms with van der Waals surface area (Å²) in [5, 5.41) is 0.500. The van der Waals surface area contributed by atoms with Crippen LogP contribution in [0.1, 0.15) is 0 Å². The molecule has 4 rings (SSSR count). The van der Waals surface area contributed by atoms with Crippen molar-refractivity contribution in [3.8, 4) is 0 Å². The van der Waals surface area contributed by atoms with E-state index in [4.69, 9.17) is 21.1 Å². The normalized spacial score (nSPS) is 35.1. The molecular formula is C16H14ClNO4. The van der Waals surface area contributed by atoms with Gasteiger partial charge in [0.1, 0.15) is 11.5 Å². The first-order chi connectivity index (χ1) is 10.6. The van der Waals surface area contributed by atoms with Gasteiger partial charge in [-0.1, -0.05) is 35.9 Å². The van der Waals surface area contributed by atoms with E-state index < -0.39 is 23.4 Å². The molecule has 3 aliphatic heterocycles. The maximum atomic E-state index is 12.9. The smallest absolute Gasteiger partial charge is 0.312 e. The fourth-order valence-corrected chi connectivity index (χ4v) is 4.02. The predicted octanol–water partition coefficient (Wildman–Crippen LogP) is 1.80. The van der Waals surface area contributed by atoms with Crippen molar-refractivity contribution in [2.24, 2.45) is 11.8 Å². The Hall–Kier alpha value is -1.85. The summed E-state index contributed by atoms with van der Waals surface area (Å²) < 4.78 is 10.8. The fourth-order valence-electron chi connectivity index (χ4n) is 3.78. The van der Waals surface area contributed by atoms with Crippen LogP contribution >= 0.6 is 11.6 Å². The SMILES string of the molecule is COC(=O)[C@@H]1[C@H]2C(=O)N(c3ccccc3Cl)C[C@@]23C=C[C@H]1O3. The summed E-state index contributed by atoms with van der Waals surface area (Å²) in [5.41, 5.74) is -0.109. The Bertz CT molecular complexity index is 703. The summed E-state index contributed by atoms with van der Waals surface area (Å²) in [6, 6.07) is 7.17. The van der Waals surface area contributed by atoms with Crippen molar-refractivity contribution in [2.75, 3.05) is 18.6 Å². The number of hydrogen-bond donors (Lipinski definition) is 0. The van der Waals surface area contributed by atoms with E-state index in [-0.39, 0.29) is 12.0 Å². The molecular weight excluding hydrogens is 306 g/mol. The van der Waals surface area contributed by atoms with Crippen LogP contribution in [0.4, 0.5) is 5.69 Å². The Morgan fingerprint density at radius 3 is 2.95 bits per heavy atom. The minimum absolute atomic E-state index is 0.143. The average molecular weight is 320 g/mol. The van der Waals surface area contributed by atoms with Crippen LogP contribution in [0.25, 0.3) is 0 Å². The second kappa shape index (κ2) is 4.57. The van der Waals surface area contributed by atoms with Gasteiger partial charge in [0.05, 0.1) is 36.4 Å². The highest BCUT2D eigenvalue weighted by molar-refractivity contribution is 6.34. The Morgan fingerprint density at radius 2 is 2.23 bits per heavy atom. The first-order valence-electron chi connectivity index (χ1n) is 7.08. The third-order valence-corrected chi connectivity index (χ3v) is 5.04. The van der Waals surface area contributed by atoms with Crippen LogP contribution in [-0.4, -0.2) is 37.2 Å². The first-order valence-corrected chi connectivity index (χ1v) is 7.46. The number of carbonyl (C=O) groups excluding carboxylic acids is 2. The Labute approximate surface area is 132 Å². The van der Waals surface area contributed by atoms with Gasteiger partial charge in [-0.3, -0.25) is 9.59 Å². The fraction of sp³-hybridized carbons (Fsp3) is 0.375. The average Bonchev–Trinajstić information content (AvgIpc) is 3.15. The molecule has 5 nitrogen and oxygen atoms in total. The number of ether oxygens (including phenoxy) is 2. The van der Waals surface area contributed by atoms with E-state index in [1.54, 1.807) is 17.0 Å². The quantitative estimate of drug-likeness (QED) is 0.616. The third-order valence-electron chi connectivity index (χ3n) is 4.72. The number of hydrogen-bond acceptors (Lipinski definition) is 4. The minimum Gasteiger partial charge on any atom is -0.469 e. The number of rotatable bonds is 2.